The SMILES string of the molecule is CCCN(CC(=O)Nc1cc(C(C)(C)C)nn1-c1ccc(C)cc1)C(=O)CC. The van der Waals surface area contributed by atoms with Crippen molar-refractivity contribution in [3.05, 3.63) is 41.6 Å². The van der Waals surface area contributed by atoms with E-state index in [1.165, 1.54) is 0 Å². The predicted octanol–water partition coefficient (Wildman–Crippen LogP) is 4.07. The molecule has 6 heteroatoms. The van der Waals surface area contributed by atoms with Gasteiger partial charge in [0.15, 0.2) is 0 Å². The molecule has 1 aromatic carbocycles. The summed E-state index contributed by atoms with van der Waals surface area (Å²) in [6.07, 6.45) is 1.21. The number of benzene rings is 1. The first-order chi connectivity index (χ1) is 13.2. The van der Waals surface area contributed by atoms with Crippen LogP contribution in [0.5, 0.6) is 0 Å². The Bertz CT molecular complexity index is 816. The number of nitrogens with zero attached hydrogens (tertiary/aromatic N) is 3. The van der Waals surface area contributed by atoms with Gasteiger partial charge in [0.1, 0.15) is 5.82 Å². The van der Waals surface area contributed by atoms with Crippen LogP contribution in [0.25, 0.3) is 5.69 Å². The van der Waals surface area contributed by atoms with Gasteiger partial charge in [0.05, 0.1) is 17.9 Å². The quantitative estimate of drug-likeness (QED) is 0.783. The molecule has 1 heterocycles. The molecule has 0 bridgehead atoms. The van der Waals surface area contributed by atoms with E-state index in [1.54, 1.807) is 9.58 Å². The molecule has 0 spiro atoms. The molecule has 1 aromatic heterocycles. The van der Waals surface area contributed by atoms with E-state index in [-0.39, 0.29) is 23.8 Å². The largest absolute Gasteiger partial charge is 0.333 e. The number of nitrogens with one attached hydrogen (secondary N) is 1. The number of rotatable bonds is 7. The van der Waals surface area contributed by atoms with Gasteiger partial charge in [-0.15, -0.1) is 0 Å². The number of aryl methyl sites for hydroxylation is 1. The van der Waals surface area contributed by atoms with Crippen molar-refractivity contribution in [2.45, 2.75) is 59.8 Å². The van der Waals surface area contributed by atoms with E-state index in [1.807, 2.05) is 51.1 Å². The molecule has 0 unspecified atom stereocenters. The van der Waals surface area contributed by atoms with Crippen molar-refractivity contribution in [1.29, 1.82) is 0 Å². The lowest BCUT2D eigenvalue weighted by molar-refractivity contribution is -0.134. The lowest BCUT2D eigenvalue weighted by Gasteiger charge is -2.21. The molecule has 152 valence electrons. The molecule has 0 aliphatic heterocycles. The lowest BCUT2D eigenvalue weighted by Crippen LogP contribution is -2.38. The first kappa shape index (κ1) is 21.7. The summed E-state index contributed by atoms with van der Waals surface area (Å²) in [5, 5.41) is 7.67. The van der Waals surface area contributed by atoms with Gasteiger partial charge in [-0.1, -0.05) is 52.3 Å². The Labute approximate surface area is 167 Å². The Balaban J connectivity index is 2.30. The minimum atomic E-state index is -0.219. The summed E-state index contributed by atoms with van der Waals surface area (Å²) in [6.45, 7) is 12.7. The average molecular weight is 385 g/mol. The number of aromatic nitrogens is 2. The summed E-state index contributed by atoms with van der Waals surface area (Å²) in [5.41, 5.74) is 2.78. The number of amides is 2. The van der Waals surface area contributed by atoms with Crippen LogP contribution in [0.15, 0.2) is 30.3 Å². The Kier molecular flexibility index (Phi) is 7.00. The maximum Gasteiger partial charge on any atom is 0.245 e. The summed E-state index contributed by atoms with van der Waals surface area (Å²) >= 11 is 0. The molecule has 2 amide bonds. The third-order valence-electron chi connectivity index (χ3n) is 4.51. The lowest BCUT2D eigenvalue weighted by atomic mass is 9.92. The van der Waals surface area contributed by atoms with E-state index in [4.69, 9.17) is 5.10 Å². The summed E-state index contributed by atoms with van der Waals surface area (Å²) < 4.78 is 1.75. The highest BCUT2D eigenvalue weighted by Gasteiger charge is 2.22. The van der Waals surface area contributed by atoms with Gasteiger partial charge in [0.2, 0.25) is 11.8 Å². The first-order valence-corrected chi connectivity index (χ1v) is 9.91. The normalized spacial score (nSPS) is 11.4. The van der Waals surface area contributed by atoms with Crippen LogP contribution in [0.4, 0.5) is 5.82 Å². The first-order valence-electron chi connectivity index (χ1n) is 9.91. The fraction of sp³-hybridized carbons (Fsp3) is 0.500. The van der Waals surface area contributed by atoms with Crippen LogP contribution < -0.4 is 5.32 Å². The minimum Gasteiger partial charge on any atom is -0.333 e. The average Bonchev–Trinajstić information content (AvgIpc) is 3.05. The Morgan fingerprint density at radius 2 is 1.79 bits per heavy atom. The second kappa shape index (κ2) is 9.04. The summed E-state index contributed by atoms with van der Waals surface area (Å²) in [5.74, 6) is 0.377. The third kappa shape index (κ3) is 5.44. The van der Waals surface area contributed by atoms with Crippen molar-refractivity contribution in [1.82, 2.24) is 14.7 Å². The zero-order valence-corrected chi connectivity index (χ0v) is 17.9. The molecule has 0 saturated heterocycles. The van der Waals surface area contributed by atoms with Gasteiger partial charge < -0.3 is 10.2 Å². The summed E-state index contributed by atoms with van der Waals surface area (Å²) in [6, 6.07) is 9.90. The summed E-state index contributed by atoms with van der Waals surface area (Å²) in [4.78, 5) is 26.3. The number of anilines is 1. The van der Waals surface area contributed by atoms with Crippen LogP contribution in [0, 0.1) is 6.92 Å². The van der Waals surface area contributed by atoms with E-state index in [2.05, 4.69) is 26.1 Å². The number of hydrogen-bond acceptors (Lipinski definition) is 3. The number of hydrogen-bond donors (Lipinski definition) is 1. The van der Waals surface area contributed by atoms with Gasteiger partial charge in [-0.05, 0) is 25.5 Å². The molecule has 2 rings (SSSR count). The number of carbonyl (C=O) groups is 2. The maximum absolute atomic E-state index is 12.7. The van der Waals surface area contributed by atoms with Crippen LogP contribution in [0.1, 0.15) is 58.7 Å². The smallest absolute Gasteiger partial charge is 0.245 e. The highest BCUT2D eigenvalue weighted by molar-refractivity contribution is 5.94. The maximum atomic E-state index is 12.7. The van der Waals surface area contributed by atoms with E-state index in [0.29, 0.717) is 18.8 Å². The van der Waals surface area contributed by atoms with Gasteiger partial charge in [-0.3, -0.25) is 9.59 Å². The Morgan fingerprint density at radius 1 is 1.14 bits per heavy atom. The van der Waals surface area contributed by atoms with Crippen LogP contribution in [-0.2, 0) is 15.0 Å². The van der Waals surface area contributed by atoms with Crippen LogP contribution in [-0.4, -0.2) is 39.6 Å². The fourth-order valence-corrected chi connectivity index (χ4v) is 2.86. The van der Waals surface area contributed by atoms with Crippen molar-refractivity contribution < 1.29 is 9.59 Å². The second-order valence-corrected chi connectivity index (χ2v) is 8.13. The molecular formula is C22H32N4O2. The van der Waals surface area contributed by atoms with Crippen LogP contribution >= 0.6 is 0 Å². The molecule has 28 heavy (non-hydrogen) atoms. The van der Waals surface area contributed by atoms with E-state index in [0.717, 1.165) is 23.4 Å². The highest BCUT2D eigenvalue weighted by Crippen LogP contribution is 2.26. The van der Waals surface area contributed by atoms with Crippen molar-refractivity contribution in [3.8, 4) is 5.69 Å². The molecule has 0 saturated carbocycles. The van der Waals surface area contributed by atoms with Crippen molar-refractivity contribution in [3.63, 3.8) is 0 Å². The summed E-state index contributed by atoms with van der Waals surface area (Å²) in [7, 11) is 0. The topological polar surface area (TPSA) is 67.2 Å². The van der Waals surface area contributed by atoms with Gasteiger partial charge in [0, 0.05) is 24.4 Å². The van der Waals surface area contributed by atoms with Crippen molar-refractivity contribution in [2.75, 3.05) is 18.4 Å². The molecular weight excluding hydrogens is 352 g/mol. The Hall–Kier alpha value is -2.63. The predicted molar refractivity (Wildman–Crippen MR) is 113 cm³/mol. The van der Waals surface area contributed by atoms with Gasteiger partial charge in [-0.2, -0.15) is 5.10 Å². The van der Waals surface area contributed by atoms with Crippen LogP contribution in [0.3, 0.4) is 0 Å². The molecule has 0 aliphatic carbocycles. The van der Waals surface area contributed by atoms with Gasteiger partial charge in [-0.25, -0.2) is 4.68 Å². The molecule has 0 aliphatic rings. The van der Waals surface area contributed by atoms with Gasteiger partial charge >= 0.3 is 0 Å². The van der Waals surface area contributed by atoms with E-state index in [9.17, 15) is 9.59 Å². The third-order valence-corrected chi connectivity index (χ3v) is 4.51. The highest BCUT2D eigenvalue weighted by atomic mass is 16.2. The molecule has 6 nitrogen and oxygen atoms in total. The van der Waals surface area contributed by atoms with Gasteiger partial charge in [0.25, 0.3) is 0 Å². The molecule has 1 N–H and O–H groups in total. The number of carbonyl (C=O) groups excluding carboxylic acids is 2. The Morgan fingerprint density at radius 3 is 2.32 bits per heavy atom. The van der Waals surface area contributed by atoms with Crippen LogP contribution in [0.2, 0.25) is 0 Å². The van der Waals surface area contributed by atoms with Crippen molar-refractivity contribution in [2.24, 2.45) is 0 Å². The molecule has 0 fully saturated rings. The molecule has 0 atom stereocenters. The minimum absolute atomic E-state index is 0.0144. The van der Waals surface area contributed by atoms with Crippen molar-refractivity contribution >= 4 is 17.6 Å². The molecule has 2 aromatic rings. The van der Waals surface area contributed by atoms with E-state index < -0.39 is 0 Å². The second-order valence-electron chi connectivity index (χ2n) is 8.13. The zero-order chi connectivity index (χ0) is 20.9. The molecule has 0 radical (unpaired) electrons. The monoisotopic (exact) mass is 384 g/mol. The fourth-order valence-electron chi connectivity index (χ4n) is 2.86. The standard InChI is InChI=1S/C22H32N4O2/c1-7-13-25(21(28)8-2)15-20(27)23-19-14-18(22(4,5)6)24-26(19)17-11-9-16(3)10-12-17/h9-12,14H,7-8,13,15H2,1-6H3,(H,23,27). The van der Waals surface area contributed by atoms with E-state index >= 15 is 0 Å². The zero-order valence-electron chi connectivity index (χ0n) is 17.9.